The van der Waals surface area contributed by atoms with Crippen molar-refractivity contribution < 1.29 is 18.3 Å². The van der Waals surface area contributed by atoms with Gasteiger partial charge in [0, 0.05) is 31.3 Å². The molecule has 0 unspecified atom stereocenters. The summed E-state index contributed by atoms with van der Waals surface area (Å²) in [4.78, 5) is 2.10. The molecule has 5 heteroatoms. The molecule has 0 radical (unpaired) electrons. The van der Waals surface area contributed by atoms with Crippen molar-refractivity contribution in [1.82, 2.24) is 0 Å². The Bertz CT molecular complexity index is 1750. The molecule has 170 valence electrons. The van der Waals surface area contributed by atoms with Gasteiger partial charge in [-0.2, -0.15) is 0 Å². The third kappa shape index (κ3) is 2.92. The van der Waals surface area contributed by atoms with Crippen LogP contribution in [-0.4, -0.2) is 14.2 Å². The fourth-order valence-corrected chi connectivity index (χ4v) is 6.05. The van der Waals surface area contributed by atoms with Crippen LogP contribution in [0.5, 0.6) is 11.5 Å². The minimum atomic E-state index is 0.777. The SMILES string of the molecule is COc1ccc2c(oc3ccccc32)c1-c1ccc(-c2c(OC)ccc3c2oc2ccccc23)s1. The summed E-state index contributed by atoms with van der Waals surface area (Å²) in [5.41, 5.74) is 5.28. The van der Waals surface area contributed by atoms with E-state index >= 15 is 0 Å². The van der Waals surface area contributed by atoms with Gasteiger partial charge in [-0.15, -0.1) is 11.3 Å². The highest BCUT2D eigenvalue weighted by Gasteiger charge is 2.22. The summed E-state index contributed by atoms with van der Waals surface area (Å²) >= 11 is 1.67. The molecule has 0 spiro atoms. The molecule has 0 N–H and O–H groups in total. The number of hydrogen-bond donors (Lipinski definition) is 0. The molecule has 0 aliphatic heterocycles. The molecule has 0 aliphatic carbocycles. The van der Waals surface area contributed by atoms with Crippen molar-refractivity contribution in [3.63, 3.8) is 0 Å². The van der Waals surface area contributed by atoms with E-state index < -0.39 is 0 Å². The minimum absolute atomic E-state index is 0.777. The Morgan fingerprint density at radius 1 is 0.514 bits per heavy atom. The zero-order valence-electron chi connectivity index (χ0n) is 19.1. The first-order valence-electron chi connectivity index (χ1n) is 11.3. The molecule has 0 amide bonds. The van der Waals surface area contributed by atoms with Crippen molar-refractivity contribution >= 4 is 55.2 Å². The van der Waals surface area contributed by atoms with Gasteiger partial charge >= 0.3 is 0 Å². The molecular formula is C30H20O4S. The van der Waals surface area contributed by atoms with Gasteiger partial charge < -0.3 is 18.3 Å². The smallest absolute Gasteiger partial charge is 0.147 e. The number of rotatable bonds is 4. The van der Waals surface area contributed by atoms with Gasteiger partial charge in [0.2, 0.25) is 0 Å². The predicted molar refractivity (Wildman–Crippen MR) is 143 cm³/mol. The van der Waals surface area contributed by atoms with Crippen LogP contribution in [0.25, 0.3) is 64.8 Å². The molecule has 3 aromatic heterocycles. The van der Waals surface area contributed by atoms with E-state index in [1.807, 2.05) is 48.5 Å². The van der Waals surface area contributed by atoms with Gasteiger partial charge in [-0.1, -0.05) is 36.4 Å². The molecule has 7 aromatic rings. The van der Waals surface area contributed by atoms with Crippen molar-refractivity contribution in [2.24, 2.45) is 0 Å². The number of methoxy groups -OCH3 is 2. The molecule has 3 heterocycles. The third-order valence-electron chi connectivity index (χ3n) is 6.56. The van der Waals surface area contributed by atoms with E-state index in [1.165, 1.54) is 0 Å². The summed E-state index contributed by atoms with van der Waals surface area (Å²) in [6.07, 6.45) is 0. The van der Waals surface area contributed by atoms with E-state index in [4.69, 9.17) is 18.3 Å². The monoisotopic (exact) mass is 476 g/mol. The molecule has 0 saturated heterocycles. The second-order valence-corrected chi connectivity index (χ2v) is 9.48. The van der Waals surface area contributed by atoms with E-state index in [2.05, 4.69) is 36.4 Å². The van der Waals surface area contributed by atoms with Gasteiger partial charge in [-0.3, -0.25) is 0 Å². The Labute approximate surface area is 204 Å². The van der Waals surface area contributed by atoms with E-state index in [0.29, 0.717) is 0 Å². The van der Waals surface area contributed by atoms with Crippen molar-refractivity contribution in [1.29, 1.82) is 0 Å². The maximum absolute atomic E-state index is 6.33. The summed E-state index contributed by atoms with van der Waals surface area (Å²) in [6.45, 7) is 0. The Morgan fingerprint density at radius 2 is 0.971 bits per heavy atom. The largest absolute Gasteiger partial charge is 0.496 e. The Hall–Kier alpha value is -4.22. The lowest BCUT2D eigenvalue weighted by atomic mass is 10.1. The van der Waals surface area contributed by atoms with Gasteiger partial charge in [0.15, 0.2) is 0 Å². The van der Waals surface area contributed by atoms with Crippen molar-refractivity contribution in [3.8, 4) is 32.4 Å². The van der Waals surface area contributed by atoms with Crippen molar-refractivity contribution in [2.75, 3.05) is 14.2 Å². The Balaban J connectivity index is 1.49. The lowest BCUT2D eigenvalue weighted by Crippen LogP contribution is -1.87. The highest BCUT2D eigenvalue weighted by molar-refractivity contribution is 7.19. The zero-order valence-corrected chi connectivity index (χ0v) is 19.9. The maximum atomic E-state index is 6.33. The molecule has 0 atom stereocenters. The summed E-state index contributed by atoms with van der Waals surface area (Å²) in [6, 6.07) is 28.6. The lowest BCUT2D eigenvalue weighted by Gasteiger charge is -2.08. The first-order chi connectivity index (χ1) is 17.3. The second-order valence-electron chi connectivity index (χ2n) is 8.40. The molecule has 4 nitrogen and oxygen atoms in total. The molecule has 0 aliphatic rings. The van der Waals surface area contributed by atoms with Gasteiger partial charge in [0.05, 0.1) is 25.3 Å². The van der Waals surface area contributed by atoms with E-state index in [1.54, 1.807) is 25.6 Å². The van der Waals surface area contributed by atoms with Gasteiger partial charge in [0.25, 0.3) is 0 Å². The molecular weight excluding hydrogens is 456 g/mol. The third-order valence-corrected chi connectivity index (χ3v) is 7.68. The second kappa shape index (κ2) is 7.65. The first-order valence-corrected chi connectivity index (χ1v) is 12.2. The Kier molecular flexibility index (Phi) is 4.41. The zero-order chi connectivity index (χ0) is 23.5. The standard InChI is InChI=1S/C30H20O4S/c1-31-23-13-11-19-17-7-3-5-9-21(17)33-29(19)27(23)25-15-16-26(35-25)28-24(32-2)14-12-20-18-8-4-6-10-22(18)34-30(20)28/h3-16H,1-2H3. The molecule has 4 aromatic carbocycles. The van der Waals surface area contributed by atoms with E-state index in [-0.39, 0.29) is 0 Å². The van der Waals surface area contributed by atoms with Crippen LogP contribution in [0, 0.1) is 0 Å². The lowest BCUT2D eigenvalue weighted by molar-refractivity contribution is 0.416. The number of hydrogen-bond acceptors (Lipinski definition) is 5. The van der Waals surface area contributed by atoms with Gasteiger partial charge in [0.1, 0.15) is 33.8 Å². The molecule has 0 saturated carbocycles. The summed E-state index contributed by atoms with van der Waals surface area (Å²) in [5, 5.41) is 4.33. The number of para-hydroxylation sites is 2. The number of benzene rings is 4. The van der Waals surface area contributed by atoms with Crippen LogP contribution < -0.4 is 9.47 Å². The van der Waals surface area contributed by atoms with E-state index in [9.17, 15) is 0 Å². The van der Waals surface area contributed by atoms with Crippen LogP contribution in [0.15, 0.2) is 93.8 Å². The van der Waals surface area contributed by atoms with Crippen molar-refractivity contribution in [2.45, 2.75) is 0 Å². The molecule has 0 bridgehead atoms. The summed E-state index contributed by atoms with van der Waals surface area (Å²) < 4.78 is 24.2. The topological polar surface area (TPSA) is 44.7 Å². The normalized spacial score (nSPS) is 11.7. The Morgan fingerprint density at radius 3 is 1.43 bits per heavy atom. The van der Waals surface area contributed by atoms with Crippen LogP contribution >= 0.6 is 11.3 Å². The fraction of sp³-hybridized carbons (Fsp3) is 0.0667. The maximum Gasteiger partial charge on any atom is 0.147 e. The predicted octanol–water partition coefficient (Wildman–Crippen LogP) is 8.90. The van der Waals surface area contributed by atoms with Gasteiger partial charge in [-0.25, -0.2) is 0 Å². The van der Waals surface area contributed by atoms with E-state index in [0.717, 1.165) is 76.3 Å². The number of fused-ring (bicyclic) bond motifs is 6. The minimum Gasteiger partial charge on any atom is -0.496 e. The quantitative estimate of drug-likeness (QED) is 0.254. The highest BCUT2D eigenvalue weighted by Crippen LogP contribution is 2.48. The summed E-state index contributed by atoms with van der Waals surface area (Å²) in [5.74, 6) is 1.55. The number of furan rings is 2. The number of ether oxygens (including phenoxy) is 2. The van der Waals surface area contributed by atoms with Crippen LogP contribution in [0.3, 0.4) is 0 Å². The molecule has 35 heavy (non-hydrogen) atoms. The van der Waals surface area contributed by atoms with Crippen LogP contribution in [0.2, 0.25) is 0 Å². The van der Waals surface area contributed by atoms with Crippen LogP contribution in [0.1, 0.15) is 0 Å². The van der Waals surface area contributed by atoms with Crippen LogP contribution in [0.4, 0.5) is 0 Å². The molecule has 7 rings (SSSR count). The first kappa shape index (κ1) is 20.2. The van der Waals surface area contributed by atoms with Gasteiger partial charge in [-0.05, 0) is 48.5 Å². The average Bonchev–Trinajstić information content (AvgIpc) is 3.62. The molecule has 0 fully saturated rings. The summed E-state index contributed by atoms with van der Waals surface area (Å²) in [7, 11) is 3.39. The number of thiophene rings is 1. The average molecular weight is 477 g/mol. The van der Waals surface area contributed by atoms with Crippen LogP contribution in [-0.2, 0) is 0 Å². The van der Waals surface area contributed by atoms with Crippen molar-refractivity contribution in [3.05, 3.63) is 84.9 Å². The highest BCUT2D eigenvalue weighted by atomic mass is 32.1. The fourth-order valence-electron chi connectivity index (χ4n) is 4.96.